The number of nitrogen functional groups attached to an aromatic ring is 1. The molecule has 0 radical (unpaired) electrons. The van der Waals surface area contributed by atoms with Crippen molar-refractivity contribution in [3.05, 3.63) is 23.8 Å². The second-order valence-electron chi connectivity index (χ2n) is 5.33. The normalized spacial score (nSPS) is 17.7. The molecule has 6 nitrogen and oxygen atoms in total. The van der Waals surface area contributed by atoms with E-state index in [9.17, 15) is 9.90 Å². The molecule has 1 aliphatic rings. The third kappa shape index (κ3) is 3.20. The second kappa shape index (κ2) is 5.68. The quantitative estimate of drug-likeness (QED) is 0.690. The van der Waals surface area contributed by atoms with Gasteiger partial charge in [0.25, 0.3) is 5.91 Å². The van der Waals surface area contributed by atoms with Gasteiger partial charge in [0.2, 0.25) is 0 Å². The second-order valence-corrected chi connectivity index (χ2v) is 5.33. The minimum Gasteiger partial charge on any atom is -0.398 e. The number of carbonyl (C=O) groups excluding carboxylic acids is 1. The summed E-state index contributed by atoms with van der Waals surface area (Å²) in [5.41, 5.74) is 11.7. The predicted octanol–water partition coefficient (Wildman–Crippen LogP) is 0.345. The van der Waals surface area contributed by atoms with Gasteiger partial charge in [-0.2, -0.15) is 0 Å². The molecule has 1 aliphatic heterocycles. The Morgan fingerprint density at radius 3 is 2.70 bits per heavy atom. The maximum absolute atomic E-state index is 11.3. The summed E-state index contributed by atoms with van der Waals surface area (Å²) >= 11 is 0. The number of primary amides is 1. The van der Waals surface area contributed by atoms with Crippen molar-refractivity contribution >= 4 is 17.3 Å². The monoisotopic (exact) mass is 279 g/mol. The van der Waals surface area contributed by atoms with Gasteiger partial charge in [0.15, 0.2) is 0 Å². The van der Waals surface area contributed by atoms with Crippen LogP contribution in [-0.4, -0.2) is 43.4 Å². The van der Waals surface area contributed by atoms with Gasteiger partial charge in [-0.3, -0.25) is 4.79 Å². The van der Waals surface area contributed by atoms with E-state index >= 15 is 0 Å². The molecule has 6 heteroatoms. The first-order chi connectivity index (χ1) is 9.41. The summed E-state index contributed by atoms with van der Waals surface area (Å²) in [4.78, 5) is 13.2. The average molecular weight is 279 g/mol. The summed E-state index contributed by atoms with van der Waals surface area (Å²) in [6, 6.07) is 5.12. The molecule has 1 aromatic rings. The van der Waals surface area contributed by atoms with E-state index in [4.69, 9.17) is 16.2 Å². The minimum absolute atomic E-state index is 0.299. The van der Waals surface area contributed by atoms with Crippen molar-refractivity contribution in [1.82, 2.24) is 0 Å². The molecule has 0 aromatic heterocycles. The molecule has 1 saturated heterocycles. The maximum Gasteiger partial charge on any atom is 0.250 e. The van der Waals surface area contributed by atoms with Gasteiger partial charge in [-0.25, -0.2) is 0 Å². The van der Waals surface area contributed by atoms with Crippen molar-refractivity contribution in [1.29, 1.82) is 0 Å². The summed E-state index contributed by atoms with van der Waals surface area (Å²) in [6.45, 7) is 1.61. The largest absolute Gasteiger partial charge is 0.398 e. The molecule has 2 rings (SSSR count). The third-order valence-corrected chi connectivity index (χ3v) is 3.70. The van der Waals surface area contributed by atoms with Crippen molar-refractivity contribution in [3.63, 3.8) is 0 Å². The van der Waals surface area contributed by atoms with Crippen LogP contribution < -0.4 is 16.4 Å². The first-order valence-corrected chi connectivity index (χ1v) is 6.62. The number of ether oxygens (including phenoxy) is 1. The van der Waals surface area contributed by atoms with Crippen LogP contribution in [0.5, 0.6) is 0 Å². The molecule has 20 heavy (non-hydrogen) atoms. The summed E-state index contributed by atoms with van der Waals surface area (Å²) in [5.74, 6) is -0.553. The number of amides is 1. The Labute approximate surface area is 118 Å². The van der Waals surface area contributed by atoms with E-state index in [2.05, 4.69) is 0 Å². The number of benzene rings is 1. The number of rotatable bonds is 4. The zero-order valence-electron chi connectivity index (χ0n) is 11.6. The van der Waals surface area contributed by atoms with E-state index in [0.29, 0.717) is 43.9 Å². The molecule has 0 aliphatic carbocycles. The van der Waals surface area contributed by atoms with Gasteiger partial charge >= 0.3 is 0 Å². The van der Waals surface area contributed by atoms with E-state index in [-0.39, 0.29) is 0 Å². The molecule has 0 unspecified atom stereocenters. The van der Waals surface area contributed by atoms with Gasteiger partial charge in [0, 0.05) is 51.0 Å². The fourth-order valence-corrected chi connectivity index (χ4v) is 2.44. The summed E-state index contributed by atoms with van der Waals surface area (Å²) in [7, 11) is 1.86. The molecule has 5 N–H and O–H groups in total. The number of nitrogens with zero attached hydrogens (tertiary/aromatic N) is 1. The zero-order chi connectivity index (χ0) is 14.8. The standard InChI is InChI=1S/C14H21N3O3/c1-17(9-14(19)4-6-20-7-5-14)10-2-3-12(15)11(8-10)13(16)18/h2-3,8,19H,4-7,9,15H2,1H3,(H2,16,18). The Morgan fingerprint density at radius 1 is 1.45 bits per heavy atom. The highest BCUT2D eigenvalue weighted by atomic mass is 16.5. The fraction of sp³-hybridized carbons (Fsp3) is 0.500. The summed E-state index contributed by atoms with van der Waals surface area (Å²) < 4.78 is 5.26. The van der Waals surface area contributed by atoms with Crippen molar-refractivity contribution in [3.8, 4) is 0 Å². The Kier molecular flexibility index (Phi) is 4.15. The molecule has 1 amide bonds. The van der Waals surface area contributed by atoms with Gasteiger partial charge in [0.05, 0.1) is 11.2 Å². The third-order valence-electron chi connectivity index (χ3n) is 3.70. The number of nitrogens with two attached hydrogens (primary N) is 2. The maximum atomic E-state index is 11.3. The van der Waals surface area contributed by atoms with Crippen molar-refractivity contribution < 1.29 is 14.6 Å². The van der Waals surface area contributed by atoms with Crippen LogP contribution in [0.3, 0.4) is 0 Å². The van der Waals surface area contributed by atoms with Crippen molar-refractivity contribution in [2.45, 2.75) is 18.4 Å². The van der Waals surface area contributed by atoms with Gasteiger partial charge in [-0.05, 0) is 18.2 Å². The molecule has 0 saturated carbocycles. The smallest absolute Gasteiger partial charge is 0.250 e. The van der Waals surface area contributed by atoms with Gasteiger partial charge in [0.1, 0.15) is 0 Å². The zero-order valence-corrected chi connectivity index (χ0v) is 11.6. The SMILES string of the molecule is CN(CC1(O)CCOCC1)c1ccc(N)c(C(N)=O)c1. The lowest BCUT2D eigenvalue weighted by molar-refractivity contribution is -0.0572. The van der Waals surface area contributed by atoms with Crippen LogP contribution in [0.15, 0.2) is 18.2 Å². The van der Waals surface area contributed by atoms with Crippen LogP contribution in [0.4, 0.5) is 11.4 Å². The number of anilines is 2. The van der Waals surface area contributed by atoms with Crippen molar-refractivity contribution in [2.75, 3.05) is 37.4 Å². The fourth-order valence-electron chi connectivity index (χ4n) is 2.44. The summed E-state index contributed by atoms with van der Waals surface area (Å²) in [6.07, 6.45) is 1.21. The van der Waals surface area contributed by atoms with E-state index < -0.39 is 11.5 Å². The van der Waals surface area contributed by atoms with Crippen LogP contribution in [0.25, 0.3) is 0 Å². The van der Waals surface area contributed by atoms with Crippen LogP contribution in [0, 0.1) is 0 Å². The Bertz CT molecular complexity index is 498. The highest BCUT2D eigenvalue weighted by molar-refractivity contribution is 5.99. The number of hydrogen-bond acceptors (Lipinski definition) is 5. The lowest BCUT2D eigenvalue weighted by Gasteiger charge is -2.36. The molecule has 0 atom stereocenters. The van der Waals surface area contributed by atoms with E-state index in [1.165, 1.54) is 0 Å². The van der Waals surface area contributed by atoms with E-state index in [1.807, 2.05) is 18.0 Å². The topological polar surface area (TPSA) is 102 Å². The highest BCUT2D eigenvalue weighted by Crippen LogP contribution is 2.26. The average Bonchev–Trinajstić information content (AvgIpc) is 2.39. The summed E-state index contributed by atoms with van der Waals surface area (Å²) in [5, 5.41) is 10.5. The Balaban J connectivity index is 2.14. The first kappa shape index (κ1) is 14.6. The lowest BCUT2D eigenvalue weighted by Crippen LogP contribution is -2.45. The number of hydrogen-bond donors (Lipinski definition) is 3. The predicted molar refractivity (Wildman–Crippen MR) is 77.6 cm³/mol. The first-order valence-electron chi connectivity index (χ1n) is 6.62. The van der Waals surface area contributed by atoms with Crippen LogP contribution in [0.2, 0.25) is 0 Å². The van der Waals surface area contributed by atoms with Crippen LogP contribution in [-0.2, 0) is 4.74 Å². The minimum atomic E-state index is -0.763. The van der Waals surface area contributed by atoms with E-state index in [0.717, 1.165) is 5.69 Å². The Hall–Kier alpha value is -1.79. The number of carbonyl (C=O) groups is 1. The van der Waals surface area contributed by atoms with Crippen molar-refractivity contribution in [2.24, 2.45) is 5.73 Å². The molecule has 0 bridgehead atoms. The van der Waals surface area contributed by atoms with Gasteiger partial charge < -0.3 is 26.2 Å². The molecular formula is C14H21N3O3. The van der Waals surface area contributed by atoms with Gasteiger partial charge in [-0.15, -0.1) is 0 Å². The molecule has 1 aromatic carbocycles. The molecule has 110 valence electrons. The van der Waals surface area contributed by atoms with Crippen LogP contribution >= 0.6 is 0 Å². The Morgan fingerprint density at radius 2 is 2.10 bits per heavy atom. The highest BCUT2D eigenvalue weighted by Gasteiger charge is 2.31. The molecule has 1 heterocycles. The van der Waals surface area contributed by atoms with E-state index in [1.54, 1.807) is 12.1 Å². The molecular weight excluding hydrogens is 258 g/mol. The molecule has 1 fully saturated rings. The number of likely N-dealkylation sites (N-methyl/N-ethyl adjacent to an activating group) is 1. The molecule has 0 spiro atoms. The van der Waals surface area contributed by atoms with Crippen LogP contribution in [0.1, 0.15) is 23.2 Å². The lowest BCUT2D eigenvalue weighted by atomic mass is 9.93. The van der Waals surface area contributed by atoms with Gasteiger partial charge in [-0.1, -0.05) is 0 Å². The number of aliphatic hydroxyl groups is 1.